The molecule has 7 rings (SSSR count). The maximum Gasteiger partial charge on any atom is 0.284 e. The molecule has 0 radical (unpaired) electrons. The molecular weight excluding hydrogens is 469 g/mol. The summed E-state index contributed by atoms with van der Waals surface area (Å²) >= 11 is 12.6. The molecule has 4 aliphatic rings. The van der Waals surface area contributed by atoms with Gasteiger partial charge in [0.15, 0.2) is 0 Å². The smallest absolute Gasteiger partial charge is 0.284 e. The molecule has 0 atom stereocenters. The second-order valence-corrected chi connectivity index (χ2v) is 11.3. The quantitative estimate of drug-likeness (QED) is 0.493. The van der Waals surface area contributed by atoms with E-state index in [0.717, 1.165) is 24.8 Å². The van der Waals surface area contributed by atoms with Gasteiger partial charge in [-0.05, 0) is 80.0 Å². The summed E-state index contributed by atoms with van der Waals surface area (Å²) in [6.45, 7) is 0.430. The number of carbonyl (C=O) groups excluding carboxylic acids is 1. The number of amides is 1. The fraction of sp³-hybridized carbons (Fsp3) is 0.407. The molecule has 4 aliphatic carbocycles. The third kappa shape index (κ3) is 3.89. The first kappa shape index (κ1) is 22.0. The summed E-state index contributed by atoms with van der Waals surface area (Å²) in [6.07, 6.45) is 8.65. The molecular formula is C27H27Cl2N3O2. The van der Waals surface area contributed by atoms with Gasteiger partial charge in [-0.3, -0.25) is 14.3 Å². The molecule has 4 fully saturated rings. The van der Waals surface area contributed by atoms with Crippen molar-refractivity contribution in [3.63, 3.8) is 0 Å². The average molecular weight is 496 g/mol. The summed E-state index contributed by atoms with van der Waals surface area (Å²) in [5, 5.41) is 4.19. The lowest BCUT2D eigenvalue weighted by atomic mass is 9.53. The zero-order valence-electron chi connectivity index (χ0n) is 18.8. The predicted octanol–water partition coefficient (Wildman–Crippen LogP) is 5.69. The third-order valence-electron chi connectivity index (χ3n) is 7.94. The Balaban J connectivity index is 1.38. The van der Waals surface area contributed by atoms with Crippen LogP contribution < -0.4 is 10.9 Å². The molecule has 2 aromatic carbocycles. The van der Waals surface area contributed by atoms with Crippen molar-refractivity contribution in [2.75, 3.05) is 0 Å². The van der Waals surface area contributed by atoms with Crippen LogP contribution in [-0.2, 0) is 6.54 Å². The number of hydrogen-bond donors (Lipinski definition) is 1. The largest absolute Gasteiger partial charge is 0.346 e. The molecule has 0 unspecified atom stereocenters. The van der Waals surface area contributed by atoms with Gasteiger partial charge in [0, 0.05) is 16.8 Å². The minimum Gasteiger partial charge on any atom is -0.346 e. The van der Waals surface area contributed by atoms with E-state index in [1.165, 1.54) is 23.9 Å². The highest BCUT2D eigenvalue weighted by Crippen LogP contribution is 2.55. The van der Waals surface area contributed by atoms with E-state index < -0.39 is 0 Å². The van der Waals surface area contributed by atoms with E-state index in [9.17, 15) is 9.59 Å². The third-order valence-corrected chi connectivity index (χ3v) is 8.48. The van der Waals surface area contributed by atoms with Crippen molar-refractivity contribution in [1.82, 2.24) is 14.7 Å². The van der Waals surface area contributed by atoms with E-state index in [4.69, 9.17) is 23.2 Å². The molecule has 176 valence electrons. The molecule has 7 heteroatoms. The number of aromatic nitrogens is 2. The molecule has 1 amide bonds. The zero-order chi connectivity index (χ0) is 23.4. The van der Waals surface area contributed by atoms with Crippen LogP contribution in [0.4, 0.5) is 0 Å². The van der Waals surface area contributed by atoms with Gasteiger partial charge in [0.2, 0.25) is 0 Å². The van der Waals surface area contributed by atoms with Gasteiger partial charge in [-0.15, -0.1) is 0 Å². The highest BCUT2D eigenvalue weighted by molar-refractivity contribution is 6.35. The van der Waals surface area contributed by atoms with Gasteiger partial charge < -0.3 is 5.32 Å². The Hall–Kier alpha value is -2.50. The predicted molar refractivity (Wildman–Crippen MR) is 134 cm³/mol. The molecule has 1 N–H and O–H groups in total. The molecule has 0 spiro atoms. The first-order valence-corrected chi connectivity index (χ1v) is 12.8. The summed E-state index contributed by atoms with van der Waals surface area (Å²) in [5.41, 5.74) is 1.13. The minimum absolute atomic E-state index is 0.151. The number of benzene rings is 2. The number of nitrogens with zero attached hydrogens (tertiary/aromatic N) is 2. The van der Waals surface area contributed by atoms with Gasteiger partial charge in [-0.2, -0.15) is 0 Å². The van der Waals surface area contributed by atoms with Crippen molar-refractivity contribution < 1.29 is 4.79 Å². The van der Waals surface area contributed by atoms with Crippen LogP contribution in [0.15, 0.2) is 59.5 Å². The van der Waals surface area contributed by atoms with E-state index >= 15 is 0 Å². The van der Waals surface area contributed by atoms with E-state index in [-0.39, 0.29) is 22.6 Å². The SMILES string of the molecule is O=C(NC12CC3CC(CC(C3)C1)C2)c1cn(Cc2ccccc2)n(-c2ccc(Cl)cc2Cl)c1=O. The number of rotatable bonds is 5. The second kappa shape index (κ2) is 8.31. The number of halogens is 2. The molecule has 34 heavy (non-hydrogen) atoms. The molecule has 3 aromatic rings. The van der Waals surface area contributed by atoms with Crippen LogP contribution in [0.25, 0.3) is 5.69 Å². The van der Waals surface area contributed by atoms with Crippen LogP contribution in [0.3, 0.4) is 0 Å². The minimum atomic E-state index is -0.373. The Morgan fingerprint density at radius 3 is 2.24 bits per heavy atom. The van der Waals surface area contributed by atoms with E-state index in [2.05, 4.69) is 5.32 Å². The van der Waals surface area contributed by atoms with Crippen LogP contribution in [0.5, 0.6) is 0 Å². The topological polar surface area (TPSA) is 56.0 Å². The van der Waals surface area contributed by atoms with Crippen LogP contribution in [-0.4, -0.2) is 20.8 Å². The maximum atomic E-state index is 13.6. The molecule has 0 aliphatic heterocycles. The molecule has 4 bridgehead atoms. The van der Waals surface area contributed by atoms with Gasteiger partial charge in [0.1, 0.15) is 5.56 Å². The maximum absolute atomic E-state index is 13.6. The molecule has 5 nitrogen and oxygen atoms in total. The molecule has 0 saturated heterocycles. The Kier molecular flexibility index (Phi) is 5.38. The van der Waals surface area contributed by atoms with Gasteiger partial charge >= 0.3 is 0 Å². The highest BCUT2D eigenvalue weighted by atomic mass is 35.5. The van der Waals surface area contributed by atoms with Gasteiger partial charge in [-0.1, -0.05) is 53.5 Å². The first-order valence-electron chi connectivity index (χ1n) is 12.0. The van der Waals surface area contributed by atoms with Crippen molar-refractivity contribution >= 4 is 29.1 Å². The van der Waals surface area contributed by atoms with Crippen LogP contribution in [0, 0.1) is 17.8 Å². The highest BCUT2D eigenvalue weighted by Gasteiger charge is 2.51. The lowest BCUT2D eigenvalue weighted by Crippen LogP contribution is -2.60. The Bertz CT molecular complexity index is 1280. The molecule has 1 aromatic heterocycles. The lowest BCUT2D eigenvalue weighted by molar-refractivity contribution is -0.0167. The van der Waals surface area contributed by atoms with Crippen molar-refractivity contribution in [3.8, 4) is 5.69 Å². The van der Waals surface area contributed by atoms with Crippen molar-refractivity contribution in [2.24, 2.45) is 17.8 Å². The lowest BCUT2D eigenvalue weighted by Gasteiger charge is -2.56. The van der Waals surface area contributed by atoms with Crippen molar-refractivity contribution in [3.05, 3.63) is 86.3 Å². The summed E-state index contributed by atoms with van der Waals surface area (Å²) in [5.74, 6) is 1.84. The number of carbonyl (C=O) groups is 1. The Labute approximate surface area is 208 Å². The Morgan fingerprint density at radius 1 is 0.971 bits per heavy atom. The second-order valence-electron chi connectivity index (χ2n) is 10.5. The summed E-state index contributed by atoms with van der Waals surface area (Å²) in [7, 11) is 0. The number of nitrogens with one attached hydrogen (secondary N) is 1. The van der Waals surface area contributed by atoms with Crippen molar-refractivity contribution in [1.29, 1.82) is 0 Å². The van der Waals surface area contributed by atoms with Gasteiger partial charge in [0.25, 0.3) is 11.5 Å². The average Bonchev–Trinajstić information content (AvgIpc) is 3.09. The summed E-state index contributed by atoms with van der Waals surface area (Å²) < 4.78 is 3.25. The number of hydrogen-bond acceptors (Lipinski definition) is 2. The zero-order valence-corrected chi connectivity index (χ0v) is 20.4. The Morgan fingerprint density at radius 2 is 1.62 bits per heavy atom. The first-order chi connectivity index (χ1) is 16.4. The normalized spacial score (nSPS) is 27.2. The monoisotopic (exact) mass is 495 g/mol. The summed E-state index contributed by atoms with van der Waals surface area (Å²) in [6, 6.07) is 14.9. The van der Waals surface area contributed by atoms with Crippen LogP contribution in [0.1, 0.15) is 54.4 Å². The van der Waals surface area contributed by atoms with Crippen molar-refractivity contribution in [2.45, 2.75) is 50.6 Å². The molecule has 1 heterocycles. The van der Waals surface area contributed by atoms with Gasteiger partial charge in [0.05, 0.1) is 17.3 Å². The van der Waals surface area contributed by atoms with E-state index in [1.54, 1.807) is 29.1 Å². The molecule has 4 saturated carbocycles. The van der Waals surface area contributed by atoms with Gasteiger partial charge in [-0.25, -0.2) is 4.68 Å². The summed E-state index contributed by atoms with van der Waals surface area (Å²) in [4.78, 5) is 27.2. The fourth-order valence-electron chi connectivity index (χ4n) is 7.01. The fourth-order valence-corrected chi connectivity index (χ4v) is 7.50. The van der Waals surface area contributed by atoms with Crippen LogP contribution >= 0.6 is 23.2 Å². The van der Waals surface area contributed by atoms with Crippen LogP contribution in [0.2, 0.25) is 10.0 Å². The van der Waals surface area contributed by atoms with E-state index in [0.29, 0.717) is 40.0 Å². The standard InChI is InChI=1S/C27H27Cl2N3O2/c28-21-6-7-24(23(29)11-21)32-26(34)22(16-31(32)15-17-4-2-1-3-5-17)25(33)30-27-12-18-8-19(13-27)10-20(9-18)14-27/h1-7,11,16,18-20H,8-10,12-15H2,(H,30,33). The van der Waals surface area contributed by atoms with E-state index in [1.807, 2.05) is 30.3 Å².